The van der Waals surface area contributed by atoms with Crippen LogP contribution in [0.25, 0.3) is 0 Å². The Hall–Kier alpha value is -1.93. The highest BCUT2D eigenvalue weighted by molar-refractivity contribution is 5.82. The van der Waals surface area contributed by atoms with Crippen LogP contribution in [0.4, 0.5) is 11.8 Å². The Balaban J connectivity index is 1.91. The van der Waals surface area contributed by atoms with Crippen LogP contribution in [0.2, 0.25) is 0 Å². The van der Waals surface area contributed by atoms with E-state index >= 15 is 0 Å². The average Bonchev–Trinajstić information content (AvgIpc) is 2.64. The summed E-state index contributed by atoms with van der Waals surface area (Å²) in [7, 11) is 0. The Morgan fingerprint density at radius 3 is 2.65 bits per heavy atom. The van der Waals surface area contributed by atoms with Crippen LogP contribution in [0.15, 0.2) is 6.20 Å². The van der Waals surface area contributed by atoms with Crippen LogP contribution >= 0.6 is 0 Å². The molecule has 2 heterocycles. The van der Waals surface area contributed by atoms with Gasteiger partial charge in [-0.1, -0.05) is 12.8 Å². The third-order valence-corrected chi connectivity index (χ3v) is 5.33. The standard InChI is InChI=1S/C18H28N4O4/c1-18(2,16(24)25)12-11-19-17(20-13-5-3-4-6-14(13)23)21-15(12)22-7-9-26-10-8-22/h11,13-14,23H,3-10H2,1-2H3,(H,24,25)(H,19,20,21)/t13-,14-/m1/s1. The Labute approximate surface area is 153 Å². The zero-order chi connectivity index (χ0) is 18.7. The minimum Gasteiger partial charge on any atom is -0.481 e. The van der Waals surface area contributed by atoms with Gasteiger partial charge >= 0.3 is 5.97 Å². The summed E-state index contributed by atoms with van der Waals surface area (Å²) in [4.78, 5) is 22.8. The second-order valence-corrected chi connectivity index (χ2v) is 7.56. The summed E-state index contributed by atoms with van der Waals surface area (Å²) in [6.45, 7) is 5.81. The molecule has 0 spiro atoms. The quantitative estimate of drug-likeness (QED) is 0.719. The van der Waals surface area contributed by atoms with Crippen LogP contribution in [0.1, 0.15) is 45.1 Å². The summed E-state index contributed by atoms with van der Waals surface area (Å²) < 4.78 is 5.41. The third-order valence-electron chi connectivity index (χ3n) is 5.33. The van der Waals surface area contributed by atoms with Gasteiger partial charge in [-0.05, 0) is 26.7 Å². The number of carbonyl (C=O) groups is 1. The number of ether oxygens (including phenoxy) is 1. The van der Waals surface area contributed by atoms with Gasteiger partial charge in [0, 0.05) is 24.8 Å². The van der Waals surface area contributed by atoms with E-state index in [4.69, 9.17) is 4.74 Å². The van der Waals surface area contributed by atoms with Crippen molar-refractivity contribution in [1.29, 1.82) is 0 Å². The molecule has 3 N–H and O–H groups in total. The second-order valence-electron chi connectivity index (χ2n) is 7.56. The highest BCUT2D eigenvalue weighted by atomic mass is 16.5. The lowest BCUT2D eigenvalue weighted by Crippen LogP contribution is -2.41. The summed E-state index contributed by atoms with van der Waals surface area (Å²) in [5.74, 6) is 0.143. The zero-order valence-electron chi connectivity index (χ0n) is 15.4. The first-order valence-electron chi connectivity index (χ1n) is 9.28. The summed E-state index contributed by atoms with van der Waals surface area (Å²) >= 11 is 0. The van der Waals surface area contributed by atoms with Gasteiger partial charge in [0.15, 0.2) is 0 Å². The monoisotopic (exact) mass is 364 g/mol. The molecule has 2 fully saturated rings. The van der Waals surface area contributed by atoms with Crippen molar-refractivity contribution in [3.05, 3.63) is 11.8 Å². The van der Waals surface area contributed by atoms with Crippen molar-refractivity contribution < 1.29 is 19.7 Å². The summed E-state index contributed by atoms with van der Waals surface area (Å²) in [5.41, 5.74) is -0.516. The number of anilines is 2. The molecule has 8 nitrogen and oxygen atoms in total. The molecule has 3 rings (SSSR count). The predicted octanol–water partition coefficient (Wildman–Crippen LogP) is 1.39. The number of aliphatic hydroxyl groups excluding tert-OH is 1. The van der Waals surface area contributed by atoms with Gasteiger partial charge in [-0.25, -0.2) is 4.98 Å². The number of hydrogen-bond donors (Lipinski definition) is 3. The largest absolute Gasteiger partial charge is 0.481 e. The molecule has 0 unspecified atom stereocenters. The van der Waals surface area contributed by atoms with E-state index in [1.165, 1.54) is 0 Å². The Bertz CT molecular complexity index is 646. The number of nitrogens with zero attached hydrogens (tertiary/aromatic N) is 3. The Kier molecular flexibility index (Phi) is 5.62. The van der Waals surface area contributed by atoms with Gasteiger partial charge in [0.25, 0.3) is 0 Å². The van der Waals surface area contributed by atoms with Crippen LogP contribution in [0, 0.1) is 0 Å². The number of morpholine rings is 1. The van der Waals surface area contributed by atoms with Crippen molar-refractivity contribution in [2.45, 2.75) is 57.1 Å². The number of aliphatic hydroxyl groups is 1. The Morgan fingerprint density at radius 1 is 1.31 bits per heavy atom. The number of nitrogens with one attached hydrogen (secondary N) is 1. The number of carboxylic acids is 1. The van der Waals surface area contributed by atoms with Gasteiger partial charge in [-0.2, -0.15) is 4.98 Å². The number of carboxylic acid groups (broad SMARTS) is 1. The fourth-order valence-electron chi connectivity index (χ4n) is 3.46. The maximum absolute atomic E-state index is 11.8. The molecule has 144 valence electrons. The maximum Gasteiger partial charge on any atom is 0.313 e. The molecule has 0 amide bonds. The van der Waals surface area contributed by atoms with Crippen LogP contribution < -0.4 is 10.2 Å². The fourth-order valence-corrected chi connectivity index (χ4v) is 3.46. The molecule has 26 heavy (non-hydrogen) atoms. The van der Waals surface area contributed by atoms with Crippen molar-refractivity contribution in [2.24, 2.45) is 0 Å². The fraction of sp³-hybridized carbons (Fsp3) is 0.722. The van der Waals surface area contributed by atoms with Crippen LogP contribution in [-0.2, 0) is 14.9 Å². The smallest absolute Gasteiger partial charge is 0.313 e. The molecule has 1 aromatic rings. The van der Waals surface area contributed by atoms with E-state index in [0.717, 1.165) is 25.7 Å². The van der Waals surface area contributed by atoms with Crippen molar-refractivity contribution in [3.63, 3.8) is 0 Å². The topological polar surface area (TPSA) is 108 Å². The molecule has 1 aliphatic carbocycles. The SMILES string of the molecule is CC(C)(C(=O)O)c1cnc(N[C@@H]2CCCC[C@H]2O)nc1N1CCOCC1. The summed E-state index contributed by atoms with van der Waals surface area (Å²) in [5, 5.41) is 23.1. The van der Waals surface area contributed by atoms with E-state index < -0.39 is 17.5 Å². The first-order valence-corrected chi connectivity index (χ1v) is 9.28. The molecule has 1 saturated heterocycles. The Morgan fingerprint density at radius 2 is 2.00 bits per heavy atom. The molecule has 1 aromatic heterocycles. The van der Waals surface area contributed by atoms with Crippen molar-refractivity contribution in [3.8, 4) is 0 Å². The van der Waals surface area contributed by atoms with Gasteiger partial charge in [0.2, 0.25) is 5.95 Å². The lowest BCUT2D eigenvalue weighted by Gasteiger charge is -2.33. The van der Waals surface area contributed by atoms with Gasteiger partial charge in [-0.3, -0.25) is 4.79 Å². The highest BCUT2D eigenvalue weighted by Crippen LogP contribution is 2.32. The van der Waals surface area contributed by atoms with Crippen LogP contribution in [0.5, 0.6) is 0 Å². The van der Waals surface area contributed by atoms with Crippen molar-refractivity contribution in [1.82, 2.24) is 9.97 Å². The van der Waals surface area contributed by atoms with E-state index in [2.05, 4.69) is 15.3 Å². The van der Waals surface area contributed by atoms with E-state index in [1.54, 1.807) is 20.0 Å². The first kappa shape index (κ1) is 18.8. The minimum atomic E-state index is -1.10. The number of aromatic nitrogens is 2. The lowest BCUT2D eigenvalue weighted by atomic mass is 9.85. The predicted molar refractivity (Wildman–Crippen MR) is 97.6 cm³/mol. The maximum atomic E-state index is 11.8. The van der Waals surface area contributed by atoms with Gasteiger partial charge in [0.1, 0.15) is 5.82 Å². The molecule has 0 bridgehead atoms. The molecule has 1 aliphatic heterocycles. The first-order chi connectivity index (χ1) is 12.4. The molecule has 8 heteroatoms. The van der Waals surface area contributed by atoms with Crippen LogP contribution in [-0.4, -0.2) is 64.6 Å². The summed E-state index contributed by atoms with van der Waals surface area (Å²) in [6.07, 6.45) is 4.94. The molecule has 2 atom stereocenters. The van der Waals surface area contributed by atoms with Gasteiger partial charge in [-0.15, -0.1) is 0 Å². The molecule has 1 saturated carbocycles. The second kappa shape index (κ2) is 7.75. The number of aliphatic carboxylic acids is 1. The average molecular weight is 364 g/mol. The molecule has 0 aromatic carbocycles. The number of hydrogen-bond acceptors (Lipinski definition) is 7. The molecular weight excluding hydrogens is 336 g/mol. The zero-order valence-corrected chi connectivity index (χ0v) is 15.4. The lowest BCUT2D eigenvalue weighted by molar-refractivity contribution is -0.142. The highest BCUT2D eigenvalue weighted by Gasteiger charge is 2.35. The third kappa shape index (κ3) is 3.91. The van der Waals surface area contributed by atoms with Gasteiger partial charge < -0.3 is 25.2 Å². The number of rotatable bonds is 5. The van der Waals surface area contributed by atoms with E-state index in [1.807, 2.05) is 4.90 Å². The molecular formula is C18H28N4O4. The van der Waals surface area contributed by atoms with Crippen molar-refractivity contribution in [2.75, 3.05) is 36.5 Å². The van der Waals surface area contributed by atoms with Gasteiger partial charge in [0.05, 0.1) is 30.8 Å². The van der Waals surface area contributed by atoms with Crippen molar-refractivity contribution >= 4 is 17.7 Å². The molecule has 2 aliphatic rings. The summed E-state index contributed by atoms with van der Waals surface area (Å²) in [6, 6.07) is -0.0698. The normalized spacial score (nSPS) is 24.3. The van der Waals surface area contributed by atoms with E-state index in [9.17, 15) is 15.0 Å². The van der Waals surface area contributed by atoms with E-state index in [-0.39, 0.29) is 6.04 Å². The van der Waals surface area contributed by atoms with E-state index in [0.29, 0.717) is 43.6 Å². The minimum absolute atomic E-state index is 0.0698. The molecule has 0 radical (unpaired) electrons. The van der Waals surface area contributed by atoms with Crippen LogP contribution in [0.3, 0.4) is 0 Å².